The topological polar surface area (TPSA) is 15.3 Å². The number of hydrogen-bond acceptors (Lipinski definition) is 2. The SMILES string of the molecule is CCCC1CCC(NCC)C(N(C)CC)C1. The van der Waals surface area contributed by atoms with Crippen LogP contribution in [0.4, 0.5) is 0 Å². The Kier molecular flexibility index (Phi) is 6.37. The first-order valence-electron chi connectivity index (χ1n) is 7.16. The molecule has 3 unspecified atom stereocenters. The minimum Gasteiger partial charge on any atom is -0.313 e. The van der Waals surface area contributed by atoms with E-state index in [1.54, 1.807) is 0 Å². The number of nitrogens with one attached hydrogen (secondary N) is 1. The molecule has 0 radical (unpaired) electrons. The second kappa shape index (κ2) is 7.29. The van der Waals surface area contributed by atoms with Gasteiger partial charge in [0, 0.05) is 12.1 Å². The van der Waals surface area contributed by atoms with Gasteiger partial charge in [0.1, 0.15) is 0 Å². The molecule has 0 aromatic carbocycles. The summed E-state index contributed by atoms with van der Waals surface area (Å²) in [6.07, 6.45) is 6.97. The molecule has 0 saturated heterocycles. The van der Waals surface area contributed by atoms with E-state index in [1.807, 2.05) is 0 Å². The van der Waals surface area contributed by atoms with Gasteiger partial charge in [0.25, 0.3) is 0 Å². The van der Waals surface area contributed by atoms with Gasteiger partial charge in [0.05, 0.1) is 0 Å². The molecule has 0 bridgehead atoms. The van der Waals surface area contributed by atoms with Crippen molar-refractivity contribution in [2.24, 2.45) is 5.92 Å². The van der Waals surface area contributed by atoms with Crippen LogP contribution >= 0.6 is 0 Å². The Labute approximate surface area is 102 Å². The summed E-state index contributed by atoms with van der Waals surface area (Å²) in [5.74, 6) is 0.971. The average molecular weight is 226 g/mol. The Balaban J connectivity index is 2.54. The van der Waals surface area contributed by atoms with Gasteiger partial charge in [-0.2, -0.15) is 0 Å². The van der Waals surface area contributed by atoms with Crippen molar-refractivity contribution >= 4 is 0 Å². The van der Waals surface area contributed by atoms with Crippen molar-refractivity contribution in [1.29, 1.82) is 0 Å². The first kappa shape index (κ1) is 14.0. The van der Waals surface area contributed by atoms with Crippen molar-refractivity contribution in [2.45, 2.75) is 65.0 Å². The van der Waals surface area contributed by atoms with Crippen LogP contribution in [0.2, 0.25) is 0 Å². The van der Waals surface area contributed by atoms with Crippen LogP contribution in [0.5, 0.6) is 0 Å². The molecule has 0 amide bonds. The maximum atomic E-state index is 3.67. The van der Waals surface area contributed by atoms with Crippen LogP contribution in [0, 0.1) is 5.92 Å². The Hall–Kier alpha value is -0.0800. The highest BCUT2D eigenvalue weighted by Crippen LogP contribution is 2.30. The van der Waals surface area contributed by atoms with Gasteiger partial charge in [-0.05, 0) is 45.3 Å². The minimum atomic E-state index is 0.725. The zero-order valence-electron chi connectivity index (χ0n) is 11.6. The van der Waals surface area contributed by atoms with E-state index in [0.717, 1.165) is 24.5 Å². The van der Waals surface area contributed by atoms with Gasteiger partial charge < -0.3 is 10.2 Å². The summed E-state index contributed by atoms with van der Waals surface area (Å²) in [6, 6.07) is 1.48. The molecule has 1 fully saturated rings. The smallest absolute Gasteiger partial charge is 0.0248 e. The van der Waals surface area contributed by atoms with E-state index in [0.29, 0.717) is 0 Å². The van der Waals surface area contributed by atoms with Gasteiger partial charge in [-0.1, -0.05) is 33.6 Å². The Morgan fingerprint density at radius 2 is 1.94 bits per heavy atom. The lowest BCUT2D eigenvalue weighted by Gasteiger charge is -2.41. The fourth-order valence-corrected chi connectivity index (χ4v) is 3.12. The van der Waals surface area contributed by atoms with Crippen molar-refractivity contribution in [2.75, 3.05) is 20.1 Å². The standard InChI is InChI=1S/C14H30N2/c1-5-8-12-9-10-13(15-6-2)14(11-12)16(4)7-3/h12-15H,5-11H2,1-4H3. The van der Waals surface area contributed by atoms with Crippen LogP contribution in [-0.2, 0) is 0 Å². The molecule has 0 heterocycles. The molecule has 96 valence electrons. The molecular weight excluding hydrogens is 196 g/mol. The highest BCUT2D eigenvalue weighted by Gasteiger charge is 2.31. The molecule has 2 nitrogen and oxygen atoms in total. The fraction of sp³-hybridized carbons (Fsp3) is 1.00. The van der Waals surface area contributed by atoms with Gasteiger partial charge in [-0.25, -0.2) is 0 Å². The van der Waals surface area contributed by atoms with Crippen LogP contribution < -0.4 is 5.32 Å². The third-order valence-corrected chi connectivity index (χ3v) is 4.15. The molecule has 1 aliphatic carbocycles. The van der Waals surface area contributed by atoms with Crippen molar-refractivity contribution in [3.63, 3.8) is 0 Å². The molecule has 16 heavy (non-hydrogen) atoms. The third-order valence-electron chi connectivity index (χ3n) is 4.15. The zero-order valence-corrected chi connectivity index (χ0v) is 11.6. The van der Waals surface area contributed by atoms with Gasteiger partial charge in [0.2, 0.25) is 0 Å². The van der Waals surface area contributed by atoms with Crippen molar-refractivity contribution in [3.05, 3.63) is 0 Å². The van der Waals surface area contributed by atoms with E-state index < -0.39 is 0 Å². The van der Waals surface area contributed by atoms with E-state index in [2.05, 4.69) is 38.0 Å². The summed E-state index contributed by atoms with van der Waals surface area (Å²) in [5, 5.41) is 3.67. The van der Waals surface area contributed by atoms with Crippen LogP contribution in [0.25, 0.3) is 0 Å². The molecule has 0 spiro atoms. The van der Waals surface area contributed by atoms with Crippen LogP contribution in [0.15, 0.2) is 0 Å². The zero-order chi connectivity index (χ0) is 12.0. The monoisotopic (exact) mass is 226 g/mol. The quantitative estimate of drug-likeness (QED) is 0.749. The molecular formula is C14H30N2. The molecule has 2 heteroatoms. The number of likely N-dealkylation sites (N-methyl/N-ethyl adjacent to an activating group) is 2. The second-order valence-electron chi connectivity index (χ2n) is 5.27. The normalized spacial score (nSPS) is 30.9. The largest absolute Gasteiger partial charge is 0.313 e. The van der Waals surface area contributed by atoms with Crippen LogP contribution in [0.1, 0.15) is 52.9 Å². The first-order valence-corrected chi connectivity index (χ1v) is 7.16. The van der Waals surface area contributed by atoms with Gasteiger partial charge in [-0.3, -0.25) is 0 Å². The molecule has 0 aromatic rings. The van der Waals surface area contributed by atoms with Gasteiger partial charge in [-0.15, -0.1) is 0 Å². The summed E-state index contributed by atoms with van der Waals surface area (Å²) < 4.78 is 0. The van der Waals surface area contributed by atoms with Gasteiger partial charge >= 0.3 is 0 Å². The Morgan fingerprint density at radius 1 is 1.19 bits per heavy atom. The van der Waals surface area contributed by atoms with Crippen molar-refractivity contribution in [3.8, 4) is 0 Å². The summed E-state index contributed by atoms with van der Waals surface area (Å²) in [4.78, 5) is 2.54. The van der Waals surface area contributed by atoms with E-state index in [-0.39, 0.29) is 0 Å². The molecule has 0 aromatic heterocycles. The molecule has 3 atom stereocenters. The van der Waals surface area contributed by atoms with E-state index >= 15 is 0 Å². The number of hydrogen-bond donors (Lipinski definition) is 1. The maximum absolute atomic E-state index is 3.67. The fourth-order valence-electron chi connectivity index (χ4n) is 3.12. The Morgan fingerprint density at radius 3 is 2.50 bits per heavy atom. The van der Waals surface area contributed by atoms with E-state index in [4.69, 9.17) is 0 Å². The number of nitrogens with zero attached hydrogens (tertiary/aromatic N) is 1. The highest BCUT2D eigenvalue weighted by atomic mass is 15.2. The van der Waals surface area contributed by atoms with Crippen molar-refractivity contribution in [1.82, 2.24) is 10.2 Å². The molecule has 1 rings (SSSR count). The second-order valence-corrected chi connectivity index (χ2v) is 5.27. The summed E-state index contributed by atoms with van der Waals surface area (Å²) in [6.45, 7) is 9.09. The Bertz CT molecular complexity index is 182. The molecule has 1 aliphatic rings. The lowest BCUT2D eigenvalue weighted by molar-refractivity contribution is 0.121. The predicted octanol–water partition coefficient (Wildman–Crippen LogP) is 2.89. The highest BCUT2D eigenvalue weighted by molar-refractivity contribution is 4.89. The minimum absolute atomic E-state index is 0.725. The van der Waals surface area contributed by atoms with Gasteiger partial charge in [0.15, 0.2) is 0 Å². The number of rotatable bonds is 6. The third kappa shape index (κ3) is 3.74. The summed E-state index contributed by atoms with van der Waals surface area (Å²) in [5.41, 5.74) is 0. The van der Waals surface area contributed by atoms with E-state index in [1.165, 1.54) is 38.6 Å². The van der Waals surface area contributed by atoms with Crippen LogP contribution in [-0.4, -0.2) is 37.1 Å². The summed E-state index contributed by atoms with van der Waals surface area (Å²) >= 11 is 0. The van der Waals surface area contributed by atoms with E-state index in [9.17, 15) is 0 Å². The lowest BCUT2D eigenvalue weighted by Crippen LogP contribution is -2.52. The van der Waals surface area contributed by atoms with Crippen molar-refractivity contribution < 1.29 is 0 Å². The predicted molar refractivity (Wildman–Crippen MR) is 71.8 cm³/mol. The average Bonchev–Trinajstić information content (AvgIpc) is 2.31. The lowest BCUT2D eigenvalue weighted by atomic mass is 9.79. The van der Waals surface area contributed by atoms with Crippen LogP contribution in [0.3, 0.4) is 0 Å². The molecule has 1 saturated carbocycles. The molecule has 1 N–H and O–H groups in total. The molecule has 0 aliphatic heterocycles. The first-order chi connectivity index (χ1) is 7.72. The maximum Gasteiger partial charge on any atom is 0.0248 e. The summed E-state index contributed by atoms with van der Waals surface area (Å²) in [7, 11) is 2.28.